The molecule has 0 saturated carbocycles. The lowest BCUT2D eigenvalue weighted by Crippen LogP contribution is -2.15. The van der Waals surface area contributed by atoms with Gasteiger partial charge in [0.1, 0.15) is 0 Å². The van der Waals surface area contributed by atoms with Gasteiger partial charge in [-0.1, -0.05) is 30.0 Å². The molecule has 1 rings (SSSR count). The molecule has 0 aliphatic rings. The molecule has 0 radical (unpaired) electrons. The molecule has 0 saturated heterocycles. The average Bonchev–Trinajstić information content (AvgIpc) is 2.36. The summed E-state index contributed by atoms with van der Waals surface area (Å²) in [5, 5.41) is 8.80. The minimum Gasteiger partial charge on any atom is -0.465 e. The molecule has 1 aromatic rings. The van der Waals surface area contributed by atoms with E-state index in [4.69, 9.17) is 10.00 Å². The van der Waals surface area contributed by atoms with E-state index in [0.29, 0.717) is 0 Å². The van der Waals surface area contributed by atoms with Crippen LogP contribution in [0.4, 0.5) is 0 Å². The second kappa shape index (κ2) is 7.09. The maximum Gasteiger partial charge on any atom is 0.324 e. The van der Waals surface area contributed by atoms with Crippen LogP contribution in [-0.2, 0) is 9.53 Å². The fourth-order valence-electron chi connectivity index (χ4n) is 1.20. The molecule has 86 valence electrons. The van der Waals surface area contributed by atoms with E-state index in [1.54, 1.807) is 6.92 Å². The number of carbonyl (C=O) groups is 1. The second-order valence-electron chi connectivity index (χ2n) is 3.31. The normalized spacial score (nSPS) is 10.6. The Kier molecular flexibility index (Phi) is 5.34. The van der Waals surface area contributed by atoms with E-state index in [1.807, 2.05) is 36.4 Å². The maximum atomic E-state index is 11.3. The SMILES string of the molecule is CCOC(=O)C(C#N)CC#Cc1ccccc1. The first kappa shape index (κ1) is 12.8. The Morgan fingerprint density at radius 2 is 2.12 bits per heavy atom. The minimum atomic E-state index is -0.800. The third-order valence-electron chi connectivity index (χ3n) is 2.04. The quantitative estimate of drug-likeness (QED) is 0.587. The van der Waals surface area contributed by atoms with Gasteiger partial charge in [-0.3, -0.25) is 4.79 Å². The molecule has 3 nitrogen and oxygen atoms in total. The summed E-state index contributed by atoms with van der Waals surface area (Å²) in [4.78, 5) is 11.3. The molecule has 0 heterocycles. The van der Waals surface area contributed by atoms with Gasteiger partial charge in [0.2, 0.25) is 0 Å². The molecule has 0 spiro atoms. The molecule has 0 bridgehead atoms. The molecule has 1 atom stereocenters. The Balaban J connectivity index is 2.58. The first-order valence-corrected chi connectivity index (χ1v) is 5.38. The van der Waals surface area contributed by atoms with E-state index in [2.05, 4.69) is 11.8 Å². The molecule has 0 aromatic heterocycles. The molecular formula is C14H13NO2. The van der Waals surface area contributed by atoms with Crippen molar-refractivity contribution in [3.63, 3.8) is 0 Å². The highest BCUT2D eigenvalue weighted by Gasteiger charge is 2.17. The standard InChI is InChI=1S/C14H13NO2/c1-2-17-14(16)13(11-15)10-6-9-12-7-4-3-5-8-12/h3-5,7-8,13H,2,10H2,1H3. The van der Waals surface area contributed by atoms with Crippen molar-refractivity contribution in [2.24, 2.45) is 5.92 Å². The number of ether oxygens (including phenoxy) is 1. The van der Waals surface area contributed by atoms with Crippen LogP contribution in [0.5, 0.6) is 0 Å². The number of benzene rings is 1. The van der Waals surface area contributed by atoms with E-state index in [-0.39, 0.29) is 13.0 Å². The molecule has 0 fully saturated rings. The van der Waals surface area contributed by atoms with Gasteiger partial charge in [-0.25, -0.2) is 0 Å². The highest BCUT2D eigenvalue weighted by Crippen LogP contribution is 2.04. The fraction of sp³-hybridized carbons (Fsp3) is 0.286. The smallest absolute Gasteiger partial charge is 0.324 e. The van der Waals surface area contributed by atoms with Crippen LogP contribution >= 0.6 is 0 Å². The first-order valence-electron chi connectivity index (χ1n) is 5.38. The summed E-state index contributed by atoms with van der Waals surface area (Å²) in [7, 11) is 0. The van der Waals surface area contributed by atoms with Gasteiger partial charge in [0.25, 0.3) is 0 Å². The summed E-state index contributed by atoms with van der Waals surface area (Å²) in [6, 6.07) is 11.3. The lowest BCUT2D eigenvalue weighted by molar-refractivity contribution is -0.145. The zero-order chi connectivity index (χ0) is 12.5. The van der Waals surface area contributed by atoms with Crippen LogP contribution < -0.4 is 0 Å². The van der Waals surface area contributed by atoms with E-state index < -0.39 is 11.9 Å². The van der Waals surface area contributed by atoms with Crippen molar-refractivity contribution in [2.75, 3.05) is 6.61 Å². The highest BCUT2D eigenvalue weighted by molar-refractivity contribution is 5.75. The zero-order valence-corrected chi connectivity index (χ0v) is 9.64. The van der Waals surface area contributed by atoms with Crippen molar-refractivity contribution >= 4 is 5.97 Å². The third kappa shape index (κ3) is 4.40. The second-order valence-corrected chi connectivity index (χ2v) is 3.31. The Morgan fingerprint density at radius 3 is 2.71 bits per heavy atom. The van der Waals surface area contributed by atoms with Crippen molar-refractivity contribution < 1.29 is 9.53 Å². The van der Waals surface area contributed by atoms with Crippen LogP contribution in [0, 0.1) is 29.1 Å². The van der Waals surface area contributed by atoms with E-state index >= 15 is 0 Å². The van der Waals surface area contributed by atoms with Crippen molar-refractivity contribution in [1.82, 2.24) is 0 Å². The largest absolute Gasteiger partial charge is 0.465 e. The minimum absolute atomic E-state index is 0.199. The lowest BCUT2D eigenvalue weighted by Gasteiger charge is -2.03. The Labute approximate surface area is 101 Å². The molecule has 1 aromatic carbocycles. The molecule has 0 N–H and O–H groups in total. The summed E-state index contributed by atoms with van der Waals surface area (Å²) in [6.45, 7) is 1.99. The lowest BCUT2D eigenvalue weighted by atomic mass is 10.1. The number of esters is 1. The molecule has 3 heteroatoms. The number of hydrogen-bond acceptors (Lipinski definition) is 3. The van der Waals surface area contributed by atoms with E-state index in [1.165, 1.54) is 0 Å². The molecule has 17 heavy (non-hydrogen) atoms. The zero-order valence-electron chi connectivity index (χ0n) is 9.64. The number of carbonyl (C=O) groups excluding carboxylic acids is 1. The van der Waals surface area contributed by atoms with Crippen molar-refractivity contribution in [1.29, 1.82) is 5.26 Å². The molecule has 0 aliphatic heterocycles. The number of nitriles is 1. The Hall–Kier alpha value is -2.26. The average molecular weight is 227 g/mol. The molecule has 0 aliphatic carbocycles. The predicted octanol–water partition coefficient (Wildman–Crippen LogP) is 2.13. The highest BCUT2D eigenvalue weighted by atomic mass is 16.5. The van der Waals surface area contributed by atoms with Gasteiger partial charge in [0.05, 0.1) is 12.7 Å². The van der Waals surface area contributed by atoms with Crippen LogP contribution in [0.1, 0.15) is 18.9 Å². The van der Waals surface area contributed by atoms with Gasteiger partial charge in [0, 0.05) is 12.0 Å². The van der Waals surface area contributed by atoms with Crippen LogP contribution in [0.15, 0.2) is 30.3 Å². The summed E-state index contributed by atoms with van der Waals surface area (Å²) in [5.74, 6) is 4.41. The van der Waals surface area contributed by atoms with Crippen LogP contribution in [-0.4, -0.2) is 12.6 Å². The summed E-state index contributed by atoms with van der Waals surface area (Å²) >= 11 is 0. The van der Waals surface area contributed by atoms with Gasteiger partial charge in [-0.2, -0.15) is 5.26 Å². The first-order chi connectivity index (χ1) is 8.27. The van der Waals surface area contributed by atoms with Crippen molar-refractivity contribution in [3.05, 3.63) is 35.9 Å². The third-order valence-corrected chi connectivity index (χ3v) is 2.04. The molecular weight excluding hydrogens is 214 g/mol. The van der Waals surface area contributed by atoms with Gasteiger partial charge < -0.3 is 4.74 Å². The maximum absolute atomic E-state index is 11.3. The summed E-state index contributed by atoms with van der Waals surface area (Å²) in [5.41, 5.74) is 0.869. The Bertz CT molecular complexity index is 462. The van der Waals surface area contributed by atoms with Gasteiger partial charge in [-0.05, 0) is 19.1 Å². The Morgan fingerprint density at radius 1 is 1.41 bits per heavy atom. The fourth-order valence-corrected chi connectivity index (χ4v) is 1.20. The summed E-state index contributed by atoms with van der Waals surface area (Å²) in [6.07, 6.45) is 0.199. The van der Waals surface area contributed by atoms with Crippen LogP contribution in [0.3, 0.4) is 0 Å². The topological polar surface area (TPSA) is 50.1 Å². The molecule has 0 amide bonds. The monoisotopic (exact) mass is 227 g/mol. The van der Waals surface area contributed by atoms with Crippen molar-refractivity contribution in [2.45, 2.75) is 13.3 Å². The van der Waals surface area contributed by atoms with Crippen LogP contribution in [0.25, 0.3) is 0 Å². The predicted molar refractivity (Wildman–Crippen MR) is 63.7 cm³/mol. The van der Waals surface area contributed by atoms with Gasteiger partial charge >= 0.3 is 5.97 Å². The number of rotatable bonds is 3. The van der Waals surface area contributed by atoms with E-state index in [0.717, 1.165) is 5.56 Å². The summed E-state index contributed by atoms with van der Waals surface area (Å²) < 4.78 is 4.77. The van der Waals surface area contributed by atoms with E-state index in [9.17, 15) is 4.79 Å². The van der Waals surface area contributed by atoms with Crippen molar-refractivity contribution in [3.8, 4) is 17.9 Å². The van der Waals surface area contributed by atoms with Gasteiger partial charge in [0.15, 0.2) is 5.92 Å². The number of nitrogens with zero attached hydrogens (tertiary/aromatic N) is 1. The van der Waals surface area contributed by atoms with Gasteiger partial charge in [-0.15, -0.1) is 0 Å². The van der Waals surface area contributed by atoms with Crippen LogP contribution in [0.2, 0.25) is 0 Å². The number of hydrogen-bond donors (Lipinski definition) is 0. The molecule has 1 unspecified atom stereocenters.